The van der Waals surface area contributed by atoms with Gasteiger partial charge in [0.25, 0.3) is 8.32 Å². The fraction of sp³-hybridized carbons (Fsp3) is 0.205. The lowest BCUT2D eigenvalue weighted by Crippen LogP contribution is -2.66. The van der Waals surface area contributed by atoms with Crippen LogP contribution in [0.3, 0.4) is 0 Å². The van der Waals surface area contributed by atoms with Gasteiger partial charge in [-0.25, -0.2) is 9.78 Å². The lowest BCUT2D eigenvalue weighted by Gasteiger charge is -2.43. The number of carbonyl (C=O) groups excluding carboxylic acids is 2. The SMILES string of the molecule is CCOC(=O)c1ccc(/C=C/C(=O)NCc2cccn2-c2ccc(Cl)c(CO[Si](c3ccccc3)(c3ccccc3)C(C)(C)C)c2Cl)cn1. The fourth-order valence-corrected chi connectivity index (χ4v) is 11.0. The topological polar surface area (TPSA) is 82.5 Å². The van der Waals surface area contributed by atoms with Crippen LogP contribution in [0, 0.1) is 0 Å². The van der Waals surface area contributed by atoms with Crippen molar-refractivity contribution in [1.29, 1.82) is 0 Å². The Kier molecular flexibility index (Phi) is 11.6. The summed E-state index contributed by atoms with van der Waals surface area (Å²) in [6, 6.07) is 31.7. The lowest BCUT2D eigenvalue weighted by atomic mass is 10.2. The van der Waals surface area contributed by atoms with Crippen molar-refractivity contribution in [3.8, 4) is 5.69 Å². The van der Waals surface area contributed by atoms with Gasteiger partial charge in [-0.15, -0.1) is 0 Å². The number of benzene rings is 3. The second-order valence-corrected chi connectivity index (χ2v) is 17.5. The molecule has 0 bridgehead atoms. The Hall–Kier alpha value is -4.47. The average molecular weight is 713 g/mol. The number of ether oxygens (including phenoxy) is 1. The van der Waals surface area contributed by atoms with Gasteiger partial charge in [0.05, 0.1) is 30.5 Å². The van der Waals surface area contributed by atoms with Gasteiger partial charge >= 0.3 is 5.97 Å². The van der Waals surface area contributed by atoms with Crippen molar-refractivity contribution in [1.82, 2.24) is 14.9 Å². The summed E-state index contributed by atoms with van der Waals surface area (Å²) in [5.74, 6) is -0.776. The van der Waals surface area contributed by atoms with Gasteiger partial charge in [-0.05, 0) is 64.3 Å². The molecule has 0 fully saturated rings. The molecule has 0 spiro atoms. The first-order valence-corrected chi connectivity index (χ1v) is 18.7. The van der Waals surface area contributed by atoms with Gasteiger partial charge in [0.15, 0.2) is 0 Å². The third kappa shape index (κ3) is 8.06. The van der Waals surface area contributed by atoms with E-state index in [1.54, 1.807) is 25.1 Å². The van der Waals surface area contributed by atoms with Gasteiger partial charge < -0.3 is 19.0 Å². The Labute approximate surface area is 298 Å². The highest BCUT2D eigenvalue weighted by atomic mass is 35.5. The number of aromatic nitrogens is 2. The Morgan fingerprint density at radius 2 is 1.57 bits per heavy atom. The maximum absolute atomic E-state index is 12.7. The fourth-order valence-electron chi connectivity index (χ4n) is 5.88. The second-order valence-electron chi connectivity index (χ2n) is 12.4. The van der Waals surface area contributed by atoms with Crippen molar-refractivity contribution in [3.63, 3.8) is 0 Å². The van der Waals surface area contributed by atoms with Crippen molar-refractivity contribution in [2.75, 3.05) is 6.61 Å². The minimum absolute atomic E-state index is 0.211. The van der Waals surface area contributed by atoms with Crippen LogP contribution in [-0.2, 0) is 27.1 Å². The highest BCUT2D eigenvalue weighted by Gasteiger charge is 2.50. The van der Waals surface area contributed by atoms with E-state index in [1.165, 1.54) is 22.6 Å². The average Bonchev–Trinajstić information content (AvgIpc) is 3.57. The number of carbonyl (C=O) groups is 2. The number of hydrogen-bond donors (Lipinski definition) is 1. The van der Waals surface area contributed by atoms with E-state index >= 15 is 0 Å². The molecule has 0 atom stereocenters. The van der Waals surface area contributed by atoms with Crippen molar-refractivity contribution < 1.29 is 18.8 Å². The molecule has 0 saturated heterocycles. The lowest BCUT2D eigenvalue weighted by molar-refractivity contribution is -0.116. The molecule has 2 aromatic heterocycles. The molecule has 10 heteroatoms. The van der Waals surface area contributed by atoms with Gasteiger partial charge in [0.1, 0.15) is 5.69 Å². The third-order valence-corrected chi connectivity index (χ3v) is 14.0. The summed E-state index contributed by atoms with van der Waals surface area (Å²) in [5, 5.41) is 6.04. The highest BCUT2D eigenvalue weighted by molar-refractivity contribution is 6.99. The predicted octanol–water partition coefficient (Wildman–Crippen LogP) is 7.76. The number of amides is 1. The van der Waals surface area contributed by atoms with E-state index in [0.717, 1.165) is 11.4 Å². The molecular weight excluding hydrogens is 673 g/mol. The number of nitrogens with one attached hydrogen (secondary N) is 1. The molecule has 0 aliphatic carbocycles. The summed E-state index contributed by atoms with van der Waals surface area (Å²) >= 11 is 14.0. The molecule has 1 amide bonds. The van der Waals surface area contributed by atoms with Crippen molar-refractivity contribution in [3.05, 3.63) is 148 Å². The first-order chi connectivity index (χ1) is 23.5. The van der Waals surface area contributed by atoms with Crippen LogP contribution in [0.2, 0.25) is 15.1 Å². The van der Waals surface area contributed by atoms with E-state index in [4.69, 9.17) is 32.4 Å². The molecule has 2 heterocycles. The summed E-state index contributed by atoms with van der Waals surface area (Å²) in [6.07, 6.45) is 6.46. The van der Waals surface area contributed by atoms with Crippen LogP contribution >= 0.6 is 23.2 Å². The summed E-state index contributed by atoms with van der Waals surface area (Å²) in [5.41, 5.74) is 3.13. The van der Waals surface area contributed by atoms with E-state index < -0.39 is 14.3 Å². The smallest absolute Gasteiger partial charge is 0.356 e. The molecular formula is C39H39Cl2N3O4Si. The van der Waals surface area contributed by atoms with Crippen LogP contribution in [0.25, 0.3) is 11.8 Å². The van der Waals surface area contributed by atoms with Gasteiger partial charge in [-0.3, -0.25) is 4.79 Å². The van der Waals surface area contributed by atoms with E-state index in [-0.39, 0.29) is 36.4 Å². The van der Waals surface area contributed by atoms with Crippen LogP contribution in [0.4, 0.5) is 0 Å². The molecule has 5 aromatic rings. The summed E-state index contributed by atoms with van der Waals surface area (Å²) < 4.78 is 14.1. The first kappa shape index (κ1) is 35.8. The molecule has 3 aromatic carbocycles. The van der Waals surface area contributed by atoms with Gasteiger partial charge in [-0.2, -0.15) is 0 Å². The van der Waals surface area contributed by atoms with E-state index in [0.29, 0.717) is 21.2 Å². The van der Waals surface area contributed by atoms with Gasteiger partial charge in [0, 0.05) is 34.7 Å². The Balaban J connectivity index is 1.35. The monoisotopic (exact) mass is 711 g/mol. The molecule has 7 nitrogen and oxygen atoms in total. The molecule has 0 saturated carbocycles. The van der Waals surface area contributed by atoms with Crippen LogP contribution < -0.4 is 15.7 Å². The molecule has 0 radical (unpaired) electrons. The Bertz CT molecular complexity index is 1880. The van der Waals surface area contributed by atoms with E-state index in [9.17, 15) is 9.59 Å². The van der Waals surface area contributed by atoms with E-state index in [2.05, 4.69) is 79.6 Å². The Morgan fingerprint density at radius 1 is 0.898 bits per heavy atom. The van der Waals surface area contributed by atoms with Crippen molar-refractivity contribution in [2.45, 2.75) is 45.9 Å². The molecule has 5 rings (SSSR count). The zero-order valence-electron chi connectivity index (χ0n) is 28.0. The van der Waals surface area contributed by atoms with Crippen molar-refractivity contribution in [2.24, 2.45) is 0 Å². The van der Waals surface area contributed by atoms with Crippen LogP contribution in [-0.4, -0.2) is 36.4 Å². The molecule has 252 valence electrons. The second kappa shape index (κ2) is 15.8. The normalized spacial score (nSPS) is 11.9. The van der Waals surface area contributed by atoms with Gasteiger partial charge in [0.2, 0.25) is 5.91 Å². The number of halogens is 2. The predicted molar refractivity (Wildman–Crippen MR) is 199 cm³/mol. The quantitative estimate of drug-likeness (QED) is 0.0813. The molecule has 0 aliphatic heterocycles. The zero-order chi connectivity index (χ0) is 35.0. The minimum atomic E-state index is -2.84. The number of hydrogen-bond acceptors (Lipinski definition) is 5. The number of rotatable bonds is 12. The van der Waals surface area contributed by atoms with Crippen molar-refractivity contribution >= 4 is 59.8 Å². The summed E-state index contributed by atoms with van der Waals surface area (Å²) in [7, 11) is -2.84. The Morgan fingerprint density at radius 3 is 2.16 bits per heavy atom. The molecule has 1 N–H and O–H groups in total. The zero-order valence-corrected chi connectivity index (χ0v) is 30.5. The first-order valence-electron chi connectivity index (χ1n) is 16.0. The summed E-state index contributed by atoms with van der Waals surface area (Å²) in [4.78, 5) is 28.7. The number of pyridine rings is 1. The maximum atomic E-state index is 12.7. The maximum Gasteiger partial charge on any atom is 0.356 e. The van der Waals surface area contributed by atoms with Crippen LogP contribution in [0.15, 0.2) is 116 Å². The largest absolute Gasteiger partial charge is 0.461 e. The third-order valence-electron chi connectivity index (χ3n) is 8.25. The molecule has 0 unspecified atom stereocenters. The standard InChI is InChI=1S/C39H39Cl2N3O4Si/c1-5-47-38(46)34-21-18-28(25-42-34)19-23-36(45)43-26-29-13-12-24-44(29)35-22-20-33(40)32(37(35)41)27-48-49(39(2,3)4,30-14-8-6-9-15-30)31-16-10-7-11-17-31/h6-25H,5,26-27H2,1-4H3,(H,43,45)/b23-19+. The molecule has 0 aliphatic rings. The molecule has 49 heavy (non-hydrogen) atoms. The van der Waals surface area contributed by atoms with Gasteiger partial charge in [-0.1, -0.05) is 111 Å². The van der Waals surface area contributed by atoms with Crippen LogP contribution in [0.1, 0.15) is 55.0 Å². The highest BCUT2D eigenvalue weighted by Crippen LogP contribution is 2.39. The number of nitrogens with zero attached hydrogens (tertiary/aromatic N) is 2. The minimum Gasteiger partial charge on any atom is -0.461 e. The number of esters is 1. The van der Waals surface area contributed by atoms with E-state index in [1.807, 2.05) is 47.2 Å². The van der Waals surface area contributed by atoms with Crippen LogP contribution in [0.5, 0.6) is 0 Å². The summed E-state index contributed by atoms with van der Waals surface area (Å²) in [6.45, 7) is 9.16.